The van der Waals surface area contributed by atoms with E-state index in [-0.39, 0.29) is 5.82 Å². The van der Waals surface area contributed by atoms with Crippen LogP contribution in [0.15, 0.2) is 18.2 Å². The molecule has 0 aromatic heterocycles. The largest absolute Gasteiger partial charge is 0.388 e. The van der Waals surface area contributed by atoms with Crippen LogP contribution in [-0.2, 0) is 10.2 Å². The van der Waals surface area contributed by atoms with Crippen LogP contribution in [0.25, 0.3) is 0 Å². The van der Waals surface area contributed by atoms with Gasteiger partial charge in [-0.15, -0.1) is 0 Å². The third kappa shape index (κ3) is 1.92. The molecule has 2 nitrogen and oxygen atoms in total. The molecule has 0 saturated carbocycles. The number of rotatable bonds is 3. The van der Waals surface area contributed by atoms with Crippen molar-refractivity contribution in [1.82, 2.24) is 0 Å². The molecule has 1 aromatic rings. The molecule has 0 saturated heterocycles. The lowest BCUT2D eigenvalue weighted by Crippen LogP contribution is -2.20. The molecule has 0 amide bonds. The van der Waals surface area contributed by atoms with Gasteiger partial charge in [-0.25, -0.2) is 4.39 Å². The van der Waals surface area contributed by atoms with Crippen molar-refractivity contribution in [2.24, 2.45) is 0 Å². The van der Waals surface area contributed by atoms with Crippen molar-refractivity contribution in [2.45, 2.75) is 19.3 Å². The van der Waals surface area contributed by atoms with Crippen molar-refractivity contribution in [1.29, 1.82) is 0 Å². The van der Waals surface area contributed by atoms with Gasteiger partial charge in [0.15, 0.2) is 0 Å². The van der Waals surface area contributed by atoms with E-state index in [1.165, 1.54) is 6.07 Å². The molecule has 0 spiro atoms. The second-order valence-corrected chi connectivity index (χ2v) is 3.78. The van der Waals surface area contributed by atoms with Crippen molar-refractivity contribution >= 4 is 12.0 Å². The van der Waals surface area contributed by atoms with E-state index in [4.69, 9.17) is 0 Å². The third-order valence-electron chi connectivity index (χ3n) is 2.25. The average molecular weight is 195 g/mol. The number of benzene rings is 1. The fraction of sp³-hybridized carbons (Fsp3) is 0.364. The van der Waals surface area contributed by atoms with Crippen LogP contribution >= 0.6 is 0 Å². The molecule has 14 heavy (non-hydrogen) atoms. The topological polar surface area (TPSA) is 29.1 Å². The number of carbonyl (C=O) groups is 1. The third-order valence-corrected chi connectivity index (χ3v) is 2.25. The molecule has 0 heterocycles. The number of carbonyl (C=O) groups excluding carboxylic acids is 1. The first-order valence-corrected chi connectivity index (χ1v) is 4.45. The Morgan fingerprint density at radius 1 is 1.43 bits per heavy atom. The summed E-state index contributed by atoms with van der Waals surface area (Å²) in [5.41, 5.74) is 0.357. The molecule has 0 aliphatic rings. The number of hydrogen-bond donors (Lipinski definition) is 1. The maximum atomic E-state index is 13.5. The van der Waals surface area contributed by atoms with Gasteiger partial charge in [-0.1, -0.05) is 6.07 Å². The average Bonchev–Trinajstić information content (AvgIpc) is 2.17. The molecule has 1 rings (SSSR count). The van der Waals surface area contributed by atoms with Gasteiger partial charge in [0.05, 0.1) is 0 Å². The van der Waals surface area contributed by atoms with E-state index < -0.39 is 5.41 Å². The zero-order valence-corrected chi connectivity index (χ0v) is 8.60. The first kappa shape index (κ1) is 10.7. The van der Waals surface area contributed by atoms with Gasteiger partial charge in [-0.2, -0.15) is 0 Å². The van der Waals surface area contributed by atoms with Crippen molar-refractivity contribution in [3.63, 3.8) is 0 Å². The lowest BCUT2D eigenvalue weighted by Gasteiger charge is -2.18. The van der Waals surface area contributed by atoms with Gasteiger partial charge in [0.25, 0.3) is 0 Å². The van der Waals surface area contributed by atoms with Crippen molar-refractivity contribution in [3.05, 3.63) is 29.6 Å². The molecular weight excluding hydrogens is 181 g/mol. The second kappa shape index (κ2) is 3.78. The fourth-order valence-corrected chi connectivity index (χ4v) is 1.26. The van der Waals surface area contributed by atoms with Crippen LogP contribution in [0.1, 0.15) is 19.4 Å². The van der Waals surface area contributed by atoms with Crippen LogP contribution in [0.2, 0.25) is 0 Å². The van der Waals surface area contributed by atoms with Crippen LogP contribution in [0.4, 0.5) is 10.1 Å². The highest BCUT2D eigenvalue weighted by molar-refractivity contribution is 5.68. The molecule has 3 heteroatoms. The molecule has 0 radical (unpaired) electrons. The minimum Gasteiger partial charge on any atom is -0.388 e. The SMILES string of the molecule is CNc1ccc(C(C)(C)C=O)c(F)c1. The van der Waals surface area contributed by atoms with Crippen molar-refractivity contribution in [2.75, 3.05) is 12.4 Å². The number of nitrogens with one attached hydrogen (secondary N) is 1. The molecule has 0 fully saturated rings. The summed E-state index contributed by atoms with van der Waals surface area (Å²) in [4.78, 5) is 10.8. The minimum atomic E-state index is -0.768. The Labute approximate surface area is 83.1 Å². The predicted molar refractivity (Wildman–Crippen MR) is 55.0 cm³/mol. The Morgan fingerprint density at radius 3 is 2.50 bits per heavy atom. The molecule has 1 aromatic carbocycles. The van der Waals surface area contributed by atoms with Gasteiger partial charge in [0.1, 0.15) is 12.1 Å². The summed E-state index contributed by atoms with van der Waals surface area (Å²) in [6, 6.07) is 4.78. The normalized spacial score (nSPS) is 11.1. The molecule has 0 aliphatic carbocycles. The van der Waals surface area contributed by atoms with E-state index in [0.29, 0.717) is 11.3 Å². The van der Waals surface area contributed by atoms with E-state index in [2.05, 4.69) is 5.32 Å². The summed E-state index contributed by atoms with van der Waals surface area (Å²) in [6.07, 6.45) is 0.754. The quantitative estimate of drug-likeness (QED) is 0.750. The number of anilines is 1. The van der Waals surface area contributed by atoms with E-state index >= 15 is 0 Å². The maximum absolute atomic E-state index is 13.5. The van der Waals surface area contributed by atoms with Gasteiger partial charge in [0.2, 0.25) is 0 Å². The van der Waals surface area contributed by atoms with E-state index in [9.17, 15) is 9.18 Å². The van der Waals surface area contributed by atoms with Crippen LogP contribution in [0, 0.1) is 5.82 Å². The summed E-state index contributed by atoms with van der Waals surface area (Å²) in [5.74, 6) is -0.353. The van der Waals surface area contributed by atoms with Gasteiger partial charge in [-0.05, 0) is 26.0 Å². The van der Waals surface area contributed by atoms with Gasteiger partial charge in [0, 0.05) is 23.7 Å². The van der Waals surface area contributed by atoms with E-state index in [1.54, 1.807) is 33.0 Å². The number of hydrogen-bond acceptors (Lipinski definition) is 2. The highest BCUT2D eigenvalue weighted by Gasteiger charge is 2.23. The summed E-state index contributed by atoms with van der Waals surface area (Å²) in [5, 5.41) is 2.84. The molecule has 1 N–H and O–H groups in total. The standard InChI is InChI=1S/C11H14FNO/c1-11(2,7-14)9-5-4-8(13-3)6-10(9)12/h4-7,13H,1-3H3. The predicted octanol–water partition coefficient (Wildman–Crippen LogP) is 2.34. The molecular formula is C11H14FNO. The fourth-order valence-electron chi connectivity index (χ4n) is 1.26. The Kier molecular flexibility index (Phi) is 2.89. The molecule has 0 atom stereocenters. The summed E-state index contributed by atoms with van der Waals surface area (Å²) in [6.45, 7) is 3.38. The Balaban J connectivity index is 3.18. The van der Waals surface area contributed by atoms with E-state index in [0.717, 1.165) is 6.29 Å². The van der Waals surface area contributed by atoms with Crippen LogP contribution in [0.3, 0.4) is 0 Å². The minimum absolute atomic E-state index is 0.353. The van der Waals surface area contributed by atoms with E-state index in [1.807, 2.05) is 0 Å². The molecule has 76 valence electrons. The maximum Gasteiger partial charge on any atom is 0.130 e. The van der Waals surface area contributed by atoms with Gasteiger partial charge >= 0.3 is 0 Å². The highest BCUT2D eigenvalue weighted by atomic mass is 19.1. The number of aldehydes is 1. The first-order valence-electron chi connectivity index (χ1n) is 4.45. The molecule has 0 unspecified atom stereocenters. The first-order chi connectivity index (χ1) is 6.51. The molecule has 0 aliphatic heterocycles. The number of halogens is 1. The summed E-state index contributed by atoms with van der Waals surface area (Å²) in [7, 11) is 1.72. The van der Waals surface area contributed by atoms with Crippen molar-refractivity contribution in [3.8, 4) is 0 Å². The van der Waals surface area contributed by atoms with Crippen LogP contribution in [-0.4, -0.2) is 13.3 Å². The monoisotopic (exact) mass is 195 g/mol. The van der Waals surface area contributed by atoms with Gasteiger partial charge in [-0.3, -0.25) is 0 Å². The summed E-state index contributed by atoms with van der Waals surface area (Å²) >= 11 is 0. The Hall–Kier alpha value is -1.38. The van der Waals surface area contributed by atoms with Crippen LogP contribution in [0.5, 0.6) is 0 Å². The lowest BCUT2D eigenvalue weighted by atomic mass is 9.86. The lowest BCUT2D eigenvalue weighted by molar-refractivity contribution is -0.111. The Morgan fingerprint density at radius 2 is 2.07 bits per heavy atom. The second-order valence-electron chi connectivity index (χ2n) is 3.78. The molecule has 0 bridgehead atoms. The smallest absolute Gasteiger partial charge is 0.130 e. The zero-order valence-electron chi connectivity index (χ0n) is 8.60. The van der Waals surface area contributed by atoms with Crippen molar-refractivity contribution < 1.29 is 9.18 Å². The van der Waals surface area contributed by atoms with Crippen LogP contribution < -0.4 is 5.32 Å². The van der Waals surface area contributed by atoms with Gasteiger partial charge < -0.3 is 10.1 Å². The highest BCUT2D eigenvalue weighted by Crippen LogP contribution is 2.25. The summed E-state index contributed by atoms with van der Waals surface area (Å²) < 4.78 is 13.5. The Bertz CT molecular complexity index is 347. The zero-order chi connectivity index (χ0) is 10.8.